The van der Waals surface area contributed by atoms with Crippen molar-refractivity contribution in [2.75, 3.05) is 5.75 Å². The van der Waals surface area contributed by atoms with Crippen molar-refractivity contribution in [2.45, 2.75) is 32.0 Å². The van der Waals surface area contributed by atoms with Crippen LogP contribution in [0.3, 0.4) is 0 Å². The molecule has 0 bridgehead atoms. The summed E-state index contributed by atoms with van der Waals surface area (Å²) >= 11 is 1.14. The second kappa shape index (κ2) is 6.55. The first-order chi connectivity index (χ1) is 8.82. The molecular formula is C11H18N4O3S. The van der Waals surface area contributed by atoms with Crippen LogP contribution in [0.5, 0.6) is 0 Å². The Labute approximate surface area is 115 Å². The summed E-state index contributed by atoms with van der Waals surface area (Å²) in [6, 6.07) is -0.476. The largest absolute Gasteiger partial charge is 0.345 e. The third kappa shape index (κ3) is 4.23. The van der Waals surface area contributed by atoms with Crippen LogP contribution in [0, 0.1) is 5.92 Å². The smallest absolute Gasteiger partial charge is 0.343 e. The van der Waals surface area contributed by atoms with Crippen molar-refractivity contribution in [1.29, 1.82) is 0 Å². The minimum Gasteiger partial charge on any atom is -0.345 e. The molecule has 0 saturated heterocycles. The molecule has 7 nitrogen and oxygen atoms in total. The number of thioether (sulfide) groups is 1. The molecule has 1 heterocycles. The first kappa shape index (κ1) is 15.5. The molecule has 0 aliphatic carbocycles. The summed E-state index contributed by atoms with van der Waals surface area (Å²) in [7, 11) is 1.57. The Balaban J connectivity index is 2.54. The molecule has 106 valence electrons. The third-order valence-corrected chi connectivity index (χ3v) is 3.62. The monoisotopic (exact) mass is 286 g/mol. The predicted octanol–water partition coefficient (Wildman–Crippen LogP) is -0.0697. The Morgan fingerprint density at radius 2 is 2.11 bits per heavy atom. The molecule has 0 aromatic carbocycles. The van der Waals surface area contributed by atoms with Crippen LogP contribution in [0.4, 0.5) is 0 Å². The van der Waals surface area contributed by atoms with Gasteiger partial charge in [-0.05, 0) is 12.8 Å². The normalized spacial score (nSPS) is 12.5. The fraction of sp³-hybridized carbons (Fsp3) is 0.636. The first-order valence-electron chi connectivity index (χ1n) is 5.87. The number of nitrogens with zero attached hydrogens (tertiary/aromatic N) is 2. The number of carbonyl (C=O) groups excluding carboxylic acids is 2. The van der Waals surface area contributed by atoms with E-state index >= 15 is 0 Å². The maximum absolute atomic E-state index is 11.7. The van der Waals surface area contributed by atoms with E-state index in [9.17, 15) is 14.4 Å². The van der Waals surface area contributed by atoms with E-state index in [-0.39, 0.29) is 29.1 Å². The molecule has 1 unspecified atom stereocenters. The van der Waals surface area contributed by atoms with Gasteiger partial charge in [0.15, 0.2) is 10.9 Å². The minimum atomic E-state index is -0.476. The average molecular weight is 286 g/mol. The number of aromatic amines is 1. The molecule has 2 N–H and O–H groups in total. The molecule has 0 saturated carbocycles. The Kier molecular flexibility index (Phi) is 5.34. The quantitative estimate of drug-likeness (QED) is 0.714. The maximum Gasteiger partial charge on any atom is 0.343 e. The molecule has 1 rings (SSSR count). The fourth-order valence-corrected chi connectivity index (χ4v) is 2.27. The van der Waals surface area contributed by atoms with E-state index in [2.05, 4.69) is 15.5 Å². The van der Waals surface area contributed by atoms with Crippen molar-refractivity contribution < 1.29 is 9.59 Å². The van der Waals surface area contributed by atoms with Crippen molar-refractivity contribution in [1.82, 2.24) is 20.1 Å². The highest BCUT2D eigenvalue weighted by molar-refractivity contribution is 7.99. The van der Waals surface area contributed by atoms with Gasteiger partial charge in [-0.1, -0.05) is 25.6 Å². The highest BCUT2D eigenvalue weighted by Gasteiger charge is 2.20. The lowest BCUT2D eigenvalue weighted by atomic mass is 10.0. The van der Waals surface area contributed by atoms with Crippen LogP contribution in [0.15, 0.2) is 9.95 Å². The van der Waals surface area contributed by atoms with Gasteiger partial charge in [-0.2, -0.15) is 0 Å². The van der Waals surface area contributed by atoms with Gasteiger partial charge in [-0.3, -0.25) is 14.2 Å². The van der Waals surface area contributed by atoms with E-state index in [1.165, 1.54) is 11.5 Å². The Bertz CT molecular complexity index is 520. The Morgan fingerprint density at radius 1 is 1.47 bits per heavy atom. The SMILES string of the molecule is CC(=O)C(NC(=O)CSc1n[nH]c(=O)n1C)C(C)C. The van der Waals surface area contributed by atoms with E-state index < -0.39 is 6.04 Å². The zero-order chi connectivity index (χ0) is 14.6. The number of hydrogen-bond donors (Lipinski definition) is 2. The van der Waals surface area contributed by atoms with Crippen LogP contribution in [0.2, 0.25) is 0 Å². The van der Waals surface area contributed by atoms with Crippen LogP contribution in [-0.4, -0.2) is 38.2 Å². The standard InChI is InChI=1S/C11H18N4O3S/c1-6(2)9(7(3)16)12-8(17)5-19-11-14-13-10(18)15(11)4/h6,9H,5H2,1-4H3,(H,12,17)(H,13,18). The summed E-state index contributed by atoms with van der Waals surface area (Å²) in [6.45, 7) is 5.20. The molecule has 0 aliphatic rings. The maximum atomic E-state index is 11.7. The van der Waals surface area contributed by atoms with Gasteiger partial charge in [0.25, 0.3) is 0 Å². The number of amides is 1. The van der Waals surface area contributed by atoms with Gasteiger partial charge < -0.3 is 5.32 Å². The van der Waals surface area contributed by atoms with Crippen LogP contribution in [-0.2, 0) is 16.6 Å². The van der Waals surface area contributed by atoms with E-state index in [0.717, 1.165) is 11.8 Å². The number of nitrogens with one attached hydrogen (secondary N) is 2. The highest BCUT2D eigenvalue weighted by atomic mass is 32.2. The number of hydrogen-bond acceptors (Lipinski definition) is 5. The first-order valence-corrected chi connectivity index (χ1v) is 6.85. The van der Waals surface area contributed by atoms with E-state index in [1.54, 1.807) is 7.05 Å². The lowest BCUT2D eigenvalue weighted by Gasteiger charge is -2.19. The third-order valence-electron chi connectivity index (χ3n) is 2.59. The van der Waals surface area contributed by atoms with Gasteiger partial charge in [0, 0.05) is 7.05 Å². The molecule has 1 atom stereocenters. The van der Waals surface area contributed by atoms with Crippen molar-refractivity contribution >= 4 is 23.5 Å². The van der Waals surface area contributed by atoms with Gasteiger partial charge in [0.1, 0.15) is 0 Å². The number of rotatable bonds is 6. The van der Waals surface area contributed by atoms with Crippen molar-refractivity contribution in [2.24, 2.45) is 13.0 Å². The van der Waals surface area contributed by atoms with Crippen molar-refractivity contribution in [3.05, 3.63) is 10.5 Å². The topological polar surface area (TPSA) is 96.8 Å². The van der Waals surface area contributed by atoms with Gasteiger partial charge in [-0.15, -0.1) is 5.10 Å². The van der Waals surface area contributed by atoms with Crippen molar-refractivity contribution in [3.8, 4) is 0 Å². The summed E-state index contributed by atoms with van der Waals surface area (Å²) < 4.78 is 1.32. The van der Waals surface area contributed by atoms with Crippen LogP contribution in [0.25, 0.3) is 0 Å². The molecule has 1 aromatic rings. The molecule has 19 heavy (non-hydrogen) atoms. The van der Waals surface area contributed by atoms with Gasteiger partial charge in [0.2, 0.25) is 5.91 Å². The van der Waals surface area contributed by atoms with Gasteiger partial charge >= 0.3 is 5.69 Å². The van der Waals surface area contributed by atoms with Crippen LogP contribution < -0.4 is 11.0 Å². The molecule has 0 aliphatic heterocycles. The fourth-order valence-electron chi connectivity index (χ4n) is 1.54. The second-order valence-corrected chi connectivity index (χ2v) is 5.50. The molecule has 1 aromatic heterocycles. The molecule has 0 radical (unpaired) electrons. The molecule has 0 fully saturated rings. The minimum absolute atomic E-state index is 0.0428. The van der Waals surface area contributed by atoms with E-state index in [0.29, 0.717) is 5.16 Å². The Hall–Kier alpha value is -1.57. The summed E-state index contributed by atoms with van der Waals surface area (Å²) in [5.74, 6) is -0.176. The lowest BCUT2D eigenvalue weighted by molar-refractivity contribution is -0.126. The summed E-state index contributed by atoms with van der Waals surface area (Å²) in [4.78, 5) is 34.2. The van der Waals surface area contributed by atoms with Gasteiger partial charge in [-0.25, -0.2) is 9.89 Å². The zero-order valence-corrected chi connectivity index (χ0v) is 12.2. The number of H-pyrrole nitrogens is 1. The highest BCUT2D eigenvalue weighted by Crippen LogP contribution is 2.11. The van der Waals surface area contributed by atoms with Gasteiger partial charge in [0.05, 0.1) is 11.8 Å². The molecule has 1 amide bonds. The summed E-state index contributed by atoms with van der Waals surface area (Å²) in [6.07, 6.45) is 0. The zero-order valence-electron chi connectivity index (χ0n) is 11.4. The predicted molar refractivity (Wildman–Crippen MR) is 72.0 cm³/mol. The summed E-state index contributed by atoms with van der Waals surface area (Å²) in [5.41, 5.74) is -0.327. The molecule has 8 heteroatoms. The molecular weight excluding hydrogens is 268 g/mol. The molecule has 0 spiro atoms. The number of ketones is 1. The average Bonchev–Trinajstić information content (AvgIpc) is 2.63. The van der Waals surface area contributed by atoms with Crippen LogP contribution in [0.1, 0.15) is 20.8 Å². The van der Waals surface area contributed by atoms with E-state index in [1.807, 2.05) is 13.8 Å². The van der Waals surface area contributed by atoms with E-state index in [4.69, 9.17) is 0 Å². The number of Topliss-reactive ketones (excluding diaryl/α,β-unsaturated/α-hetero) is 1. The van der Waals surface area contributed by atoms with Crippen molar-refractivity contribution in [3.63, 3.8) is 0 Å². The second-order valence-electron chi connectivity index (χ2n) is 4.56. The van der Waals surface area contributed by atoms with Crippen LogP contribution >= 0.6 is 11.8 Å². The number of carbonyl (C=O) groups is 2. The number of aromatic nitrogens is 3. The Morgan fingerprint density at radius 3 is 2.53 bits per heavy atom. The summed E-state index contributed by atoms with van der Waals surface area (Å²) in [5, 5.41) is 9.18. The lowest BCUT2D eigenvalue weighted by Crippen LogP contribution is -2.44.